The molecular weight excluding hydrogens is 286 g/mol. The summed E-state index contributed by atoms with van der Waals surface area (Å²) in [6.07, 6.45) is 0.685. The van der Waals surface area contributed by atoms with Gasteiger partial charge in [-0.2, -0.15) is 0 Å². The van der Waals surface area contributed by atoms with E-state index in [0.29, 0.717) is 6.42 Å². The molecule has 0 fully saturated rings. The summed E-state index contributed by atoms with van der Waals surface area (Å²) >= 11 is 0. The van der Waals surface area contributed by atoms with Crippen LogP contribution < -0.4 is 10.1 Å². The zero-order chi connectivity index (χ0) is 16.1. The van der Waals surface area contributed by atoms with Gasteiger partial charge in [-0.25, -0.2) is 4.79 Å². The molecule has 1 amide bonds. The summed E-state index contributed by atoms with van der Waals surface area (Å²) in [6.45, 7) is 1.94. The molecule has 0 aliphatic carbocycles. The predicted octanol–water partition coefficient (Wildman–Crippen LogP) is 2.87. The second-order valence-corrected chi connectivity index (χ2v) is 4.68. The SMILES string of the molecule is CCC(NC(=O)c1ccc(C(=O)O)o1)c1ccc(OC)cc1. The van der Waals surface area contributed by atoms with Gasteiger partial charge >= 0.3 is 5.97 Å². The van der Waals surface area contributed by atoms with Crippen LogP contribution in [0.1, 0.15) is 46.1 Å². The highest BCUT2D eigenvalue weighted by molar-refractivity contribution is 5.93. The number of furan rings is 1. The minimum absolute atomic E-state index is 0.0237. The minimum Gasteiger partial charge on any atom is -0.497 e. The molecule has 2 aromatic rings. The Morgan fingerprint density at radius 3 is 2.32 bits per heavy atom. The molecular formula is C16H17NO5. The second kappa shape index (κ2) is 6.80. The fourth-order valence-electron chi connectivity index (χ4n) is 2.06. The number of methoxy groups -OCH3 is 1. The first kappa shape index (κ1) is 15.6. The molecule has 0 spiro atoms. The maximum absolute atomic E-state index is 12.1. The monoisotopic (exact) mass is 303 g/mol. The number of ether oxygens (including phenoxy) is 1. The van der Waals surface area contributed by atoms with Gasteiger partial charge < -0.3 is 19.6 Å². The van der Waals surface area contributed by atoms with Gasteiger partial charge in [-0.3, -0.25) is 4.79 Å². The summed E-state index contributed by atoms with van der Waals surface area (Å²) in [7, 11) is 1.59. The number of carbonyl (C=O) groups excluding carboxylic acids is 1. The standard InChI is InChI=1S/C16H17NO5/c1-3-12(10-4-6-11(21-2)7-5-10)17-15(18)13-8-9-14(22-13)16(19)20/h4-9,12H,3H2,1-2H3,(H,17,18)(H,19,20). The minimum atomic E-state index is -1.21. The predicted molar refractivity (Wildman–Crippen MR) is 79.2 cm³/mol. The lowest BCUT2D eigenvalue weighted by Crippen LogP contribution is -2.27. The molecule has 1 atom stereocenters. The first-order valence-corrected chi connectivity index (χ1v) is 6.83. The number of carboxylic acids is 1. The smallest absolute Gasteiger partial charge is 0.371 e. The Kier molecular flexibility index (Phi) is 4.83. The highest BCUT2D eigenvalue weighted by Gasteiger charge is 2.18. The maximum atomic E-state index is 12.1. The number of nitrogens with one attached hydrogen (secondary N) is 1. The lowest BCUT2D eigenvalue weighted by Gasteiger charge is -2.17. The van der Waals surface area contributed by atoms with Crippen molar-refractivity contribution in [2.45, 2.75) is 19.4 Å². The quantitative estimate of drug-likeness (QED) is 0.856. The number of rotatable bonds is 6. The largest absolute Gasteiger partial charge is 0.497 e. The highest BCUT2D eigenvalue weighted by Crippen LogP contribution is 2.21. The van der Waals surface area contributed by atoms with Crippen LogP contribution in [0.2, 0.25) is 0 Å². The summed E-state index contributed by atoms with van der Waals surface area (Å²) in [4.78, 5) is 22.9. The van der Waals surface area contributed by atoms with Crippen LogP contribution in [-0.2, 0) is 0 Å². The molecule has 1 aromatic carbocycles. The van der Waals surface area contributed by atoms with Crippen molar-refractivity contribution >= 4 is 11.9 Å². The zero-order valence-electron chi connectivity index (χ0n) is 12.3. The van der Waals surface area contributed by atoms with E-state index in [-0.39, 0.29) is 17.6 Å². The van der Waals surface area contributed by atoms with E-state index < -0.39 is 11.9 Å². The molecule has 1 unspecified atom stereocenters. The molecule has 0 aliphatic rings. The Morgan fingerprint density at radius 1 is 1.18 bits per heavy atom. The van der Waals surface area contributed by atoms with E-state index in [9.17, 15) is 9.59 Å². The molecule has 1 aromatic heterocycles. The van der Waals surface area contributed by atoms with E-state index >= 15 is 0 Å². The summed E-state index contributed by atoms with van der Waals surface area (Å²) in [5.74, 6) is -1.20. The highest BCUT2D eigenvalue weighted by atomic mass is 16.5. The zero-order valence-corrected chi connectivity index (χ0v) is 12.3. The molecule has 6 heteroatoms. The first-order chi connectivity index (χ1) is 10.5. The van der Waals surface area contributed by atoms with Crippen LogP contribution in [-0.4, -0.2) is 24.1 Å². The fourth-order valence-corrected chi connectivity index (χ4v) is 2.06. The Labute approximate surface area is 127 Å². The summed E-state index contributed by atoms with van der Waals surface area (Å²) in [5.41, 5.74) is 0.932. The Bertz CT molecular complexity index is 659. The van der Waals surface area contributed by atoms with Gasteiger partial charge in [0, 0.05) is 0 Å². The van der Waals surface area contributed by atoms with Crippen molar-refractivity contribution in [3.05, 3.63) is 53.5 Å². The van der Waals surface area contributed by atoms with Gasteiger partial charge in [0.15, 0.2) is 5.76 Å². The van der Waals surface area contributed by atoms with Gasteiger partial charge in [0.05, 0.1) is 13.2 Å². The van der Waals surface area contributed by atoms with Crippen molar-refractivity contribution in [1.82, 2.24) is 5.32 Å². The van der Waals surface area contributed by atoms with Crippen molar-refractivity contribution < 1.29 is 23.8 Å². The topological polar surface area (TPSA) is 88.8 Å². The van der Waals surface area contributed by atoms with E-state index in [1.54, 1.807) is 7.11 Å². The van der Waals surface area contributed by atoms with E-state index in [1.807, 2.05) is 31.2 Å². The number of amides is 1. The average Bonchev–Trinajstić information content (AvgIpc) is 3.03. The maximum Gasteiger partial charge on any atom is 0.371 e. The van der Waals surface area contributed by atoms with Crippen LogP contribution in [0.5, 0.6) is 5.75 Å². The Hall–Kier alpha value is -2.76. The van der Waals surface area contributed by atoms with Crippen molar-refractivity contribution in [3.63, 3.8) is 0 Å². The summed E-state index contributed by atoms with van der Waals surface area (Å²) in [5, 5.41) is 11.6. The number of hydrogen-bond acceptors (Lipinski definition) is 4. The van der Waals surface area contributed by atoms with Crippen molar-refractivity contribution in [2.75, 3.05) is 7.11 Å². The van der Waals surface area contributed by atoms with Gasteiger partial charge in [-0.05, 0) is 36.2 Å². The van der Waals surface area contributed by atoms with Crippen LogP contribution in [0.15, 0.2) is 40.8 Å². The molecule has 0 aliphatic heterocycles. The third-order valence-electron chi connectivity index (χ3n) is 3.27. The van der Waals surface area contributed by atoms with Crippen LogP contribution in [0.25, 0.3) is 0 Å². The van der Waals surface area contributed by atoms with Crippen molar-refractivity contribution in [1.29, 1.82) is 0 Å². The van der Waals surface area contributed by atoms with Gasteiger partial charge in [0.1, 0.15) is 5.75 Å². The molecule has 1 heterocycles. The lowest BCUT2D eigenvalue weighted by molar-refractivity contribution is 0.0659. The normalized spacial score (nSPS) is 11.7. The fraction of sp³-hybridized carbons (Fsp3) is 0.250. The van der Waals surface area contributed by atoms with Gasteiger partial charge in [0.25, 0.3) is 5.91 Å². The Morgan fingerprint density at radius 2 is 1.82 bits per heavy atom. The molecule has 22 heavy (non-hydrogen) atoms. The molecule has 2 rings (SSSR count). The van der Waals surface area contributed by atoms with Gasteiger partial charge in [0.2, 0.25) is 5.76 Å². The molecule has 6 nitrogen and oxygen atoms in total. The molecule has 116 valence electrons. The molecule has 0 bridgehead atoms. The second-order valence-electron chi connectivity index (χ2n) is 4.68. The van der Waals surface area contributed by atoms with Crippen molar-refractivity contribution in [3.8, 4) is 5.75 Å². The summed E-state index contributed by atoms with van der Waals surface area (Å²) < 4.78 is 10.1. The number of aromatic carboxylic acids is 1. The number of benzene rings is 1. The molecule has 2 N–H and O–H groups in total. The number of hydrogen-bond donors (Lipinski definition) is 2. The van der Waals surface area contributed by atoms with E-state index in [1.165, 1.54) is 12.1 Å². The molecule has 0 saturated heterocycles. The van der Waals surface area contributed by atoms with Crippen molar-refractivity contribution in [2.24, 2.45) is 0 Å². The Balaban J connectivity index is 2.10. The number of carbonyl (C=O) groups is 2. The summed E-state index contributed by atoms with van der Waals surface area (Å²) in [6, 6.07) is 9.79. The van der Waals surface area contributed by atoms with E-state index in [0.717, 1.165) is 11.3 Å². The van der Waals surface area contributed by atoms with E-state index in [4.69, 9.17) is 14.3 Å². The third-order valence-corrected chi connectivity index (χ3v) is 3.27. The third kappa shape index (κ3) is 3.46. The molecule has 0 saturated carbocycles. The van der Waals surface area contributed by atoms with Crippen LogP contribution >= 0.6 is 0 Å². The molecule has 0 radical (unpaired) electrons. The van der Waals surface area contributed by atoms with Gasteiger partial charge in [-0.1, -0.05) is 19.1 Å². The lowest BCUT2D eigenvalue weighted by atomic mass is 10.0. The van der Waals surface area contributed by atoms with Crippen LogP contribution in [0, 0.1) is 0 Å². The van der Waals surface area contributed by atoms with Crippen LogP contribution in [0.4, 0.5) is 0 Å². The van der Waals surface area contributed by atoms with Gasteiger partial charge in [-0.15, -0.1) is 0 Å². The average molecular weight is 303 g/mol. The van der Waals surface area contributed by atoms with E-state index in [2.05, 4.69) is 5.32 Å². The number of carboxylic acid groups (broad SMARTS) is 1. The van der Waals surface area contributed by atoms with Crippen LogP contribution in [0.3, 0.4) is 0 Å². The first-order valence-electron chi connectivity index (χ1n) is 6.83.